The number of H-pyrrole nitrogens is 1. The van der Waals surface area contributed by atoms with Crippen LogP contribution in [-0.4, -0.2) is 26.0 Å². The Morgan fingerprint density at radius 2 is 2.27 bits per heavy atom. The van der Waals surface area contributed by atoms with Crippen LogP contribution in [0.25, 0.3) is 0 Å². The summed E-state index contributed by atoms with van der Waals surface area (Å²) in [6, 6.07) is 0. The average molecular weight is 219 g/mol. The zero-order valence-electron chi connectivity index (χ0n) is 6.63. The maximum Gasteiger partial charge on any atom is 0.175 e. The molecule has 0 aliphatic rings. The minimum absolute atomic E-state index is 0.198. The zero-order chi connectivity index (χ0) is 8.32. The van der Waals surface area contributed by atoms with E-state index in [2.05, 4.69) is 50.4 Å². The van der Waals surface area contributed by atoms with E-state index in [9.17, 15) is 0 Å². The third kappa shape index (κ3) is 2.57. The van der Waals surface area contributed by atoms with Gasteiger partial charge in [0.05, 0.1) is 0 Å². The van der Waals surface area contributed by atoms with Crippen molar-refractivity contribution in [1.82, 2.24) is 20.6 Å². The van der Waals surface area contributed by atoms with E-state index in [0.29, 0.717) is 0 Å². The molecule has 0 unspecified atom stereocenters. The zero-order valence-corrected chi connectivity index (χ0v) is 8.22. The van der Waals surface area contributed by atoms with E-state index in [4.69, 9.17) is 0 Å². The van der Waals surface area contributed by atoms with Gasteiger partial charge in [-0.3, -0.25) is 0 Å². The van der Waals surface area contributed by atoms with Crippen LogP contribution >= 0.6 is 15.9 Å². The van der Waals surface area contributed by atoms with Crippen LogP contribution in [0.1, 0.15) is 19.7 Å². The standard InChI is InChI=1S/C6H11BrN4/c1-6(2,4-7)3-5-8-10-11-9-5/h3-4H2,1-2H3,(H,8,9,10,11). The second kappa shape index (κ2) is 3.30. The lowest BCUT2D eigenvalue weighted by Gasteiger charge is -2.18. The third-order valence-electron chi connectivity index (χ3n) is 1.39. The summed E-state index contributed by atoms with van der Waals surface area (Å²) in [7, 11) is 0. The largest absolute Gasteiger partial charge is 0.177 e. The van der Waals surface area contributed by atoms with Crippen molar-refractivity contribution in [3.05, 3.63) is 5.82 Å². The quantitative estimate of drug-likeness (QED) is 0.776. The minimum atomic E-state index is 0.198. The predicted octanol–water partition coefficient (Wildman–Crippen LogP) is 1.16. The number of hydrogen-bond acceptors (Lipinski definition) is 3. The Balaban J connectivity index is 2.56. The van der Waals surface area contributed by atoms with Gasteiger partial charge in [0.1, 0.15) is 0 Å². The smallest absolute Gasteiger partial charge is 0.175 e. The summed E-state index contributed by atoms with van der Waals surface area (Å²) in [4.78, 5) is 0. The minimum Gasteiger partial charge on any atom is -0.177 e. The summed E-state index contributed by atoms with van der Waals surface area (Å²) in [5, 5.41) is 14.6. The molecule has 1 aromatic rings. The first-order valence-electron chi connectivity index (χ1n) is 3.42. The topological polar surface area (TPSA) is 54.5 Å². The van der Waals surface area contributed by atoms with Gasteiger partial charge < -0.3 is 0 Å². The Bertz CT molecular complexity index is 206. The molecule has 0 aliphatic heterocycles. The monoisotopic (exact) mass is 218 g/mol. The third-order valence-corrected chi connectivity index (χ3v) is 2.91. The van der Waals surface area contributed by atoms with Crippen molar-refractivity contribution < 1.29 is 0 Å². The lowest BCUT2D eigenvalue weighted by molar-refractivity contribution is 0.414. The van der Waals surface area contributed by atoms with E-state index in [0.717, 1.165) is 17.6 Å². The molecule has 0 radical (unpaired) electrons. The van der Waals surface area contributed by atoms with Gasteiger partial charge >= 0.3 is 0 Å². The molecule has 62 valence electrons. The van der Waals surface area contributed by atoms with Gasteiger partial charge in [-0.25, -0.2) is 0 Å². The Morgan fingerprint density at radius 3 is 2.73 bits per heavy atom. The van der Waals surface area contributed by atoms with Crippen LogP contribution in [0.4, 0.5) is 0 Å². The molecule has 5 heteroatoms. The average Bonchev–Trinajstić information content (AvgIpc) is 2.39. The normalized spacial score (nSPS) is 11.9. The lowest BCUT2D eigenvalue weighted by atomic mass is 9.92. The molecule has 4 nitrogen and oxygen atoms in total. The number of alkyl halides is 1. The highest BCUT2D eigenvalue weighted by Crippen LogP contribution is 2.21. The number of halogens is 1. The molecule has 11 heavy (non-hydrogen) atoms. The van der Waals surface area contributed by atoms with Crippen LogP contribution in [0.15, 0.2) is 0 Å². The van der Waals surface area contributed by atoms with Crippen molar-refractivity contribution in [3.63, 3.8) is 0 Å². The lowest BCUT2D eigenvalue weighted by Crippen LogP contribution is -2.17. The highest BCUT2D eigenvalue weighted by atomic mass is 79.9. The summed E-state index contributed by atoms with van der Waals surface area (Å²) in [6.07, 6.45) is 0.842. The van der Waals surface area contributed by atoms with Crippen molar-refractivity contribution >= 4 is 15.9 Å². The van der Waals surface area contributed by atoms with Gasteiger partial charge in [-0.05, 0) is 5.41 Å². The van der Waals surface area contributed by atoms with Crippen molar-refractivity contribution in [1.29, 1.82) is 0 Å². The summed E-state index contributed by atoms with van der Waals surface area (Å²) >= 11 is 3.43. The van der Waals surface area contributed by atoms with Crippen molar-refractivity contribution in [2.45, 2.75) is 20.3 Å². The summed E-state index contributed by atoms with van der Waals surface area (Å²) < 4.78 is 0. The fourth-order valence-electron chi connectivity index (χ4n) is 0.733. The molecule has 1 rings (SSSR count). The van der Waals surface area contributed by atoms with E-state index in [1.54, 1.807) is 0 Å². The van der Waals surface area contributed by atoms with Crippen molar-refractivity contribution in [2.24, 2.45) is 5.41 Å². The van der Waals surface area contributed by atoms with Gasteiger partial charge in [0.15, 0.2) is 5.82 Å². The first kappa shape index (κ1) is 8.64. The molecule has 0 saturated carbocycles. The van der Waals surface area contributed by atoms with Gasteiger partial charge in [0.2, 0.25) is 0 Å². The van der Waals surface area contributed by atoms with Crippen molar-refractivity contribution in [2.75, 3.05) is 5.33 Å². The summed E-state index contributed by atoms with van der Waals surface area (Å²) in [6.45, 7) is 4.30. The number of aromatic amines is 1. The fourth-order valence-corrected chi connectivity index (χ4v) is 0.931. The predicted molar refractivity (Wildman–Crippen MR) is 45.5 cm³/mol. The molecular formula is C6H11BrN4. The Hall–Kier alpha value is -0.450. The fraction of sp³-hybridized carbons (Fsp3) is 0.833. The van der Waals surface area contributed by atoms with Crippen LogP contribution in [-0.2, 0) is 6.42 Å². The molecular weight excluding hydrogens is 208 g/mol. The molecule has 0 amide bonds. The van der Waals surface area contributed by atoms with Gasteiger partial charge in [-0.2, -0.15) is 5.21 Å². The van der Waals surface area contributed by atoms with Crippen LogP contribution in [0, 0.1) is 5.41 Å². The van der Waals surface area contributed by atoms with Gasteiger partial charge in [-0.15, -0.1) is 10.2 Å². The molecule has 0 spiro atoms. The number of rotatable bonds is 3. The summed E-state index contributed by atoms with van der Waals surface area (Å²) in [5.41, 5.74) is 0.198. The second-order valence-electron chi connectivity index (χ2n) is 3.30. The number of hydrogen-bond donors (Lipinski definition) is 1. The molecule has 1 heterocycles. The first-order chi connectivity index (χ1) is 5.14. The number of aromatic nitrogens is 4. The number of nitrogens with one attached hydrogen (secondary N) is 1. The Kier molecular flexibility index (Phi) is 2.59. The van der Waals surface area contributed by atoms with Crippen LogP contribution < -0.4 is 0 Å². The highest BCUT2D eigenvalue weighted by molar-refractivity contribution is 9.09. The van der Waals surface area contributed by atoms with E-state index in [1.807, 2.05) is 0 Å². The number of tetrazole rings is 1. The van der Waals surface area contributed by atoms with Gasteiger partial charge in [0, 0.05) is 11.8 Å². The molecule has 0 saturated heterocycles. The second-order valence-corrected chi connectivity index (χ2v) is 3.86. The maximum atomic E-state index is 3.88. The molecule has 0 aromatic carbocycles. The van der Waals surface area contributed by atoms with Crippen LogP contribution in [0.5, 0.6) is 0 Å². The first-order valence-corrected chi connectivity index (χ1v) is 4.54. The molecule has 0 fully saturated rings. The van der Waals surface area contributed by atoms with Crippen molar-refractivity contribution in [3.8, 4) is 0 Å². The molecule has 0 atom stereocenters. The highest BCUT2D eigenvalue weighted by Gasteiger charge is 2.18. The van der Waals surface area contributed by atoms with Gasteiger partial charge in [-0.1, -0.05) is 35.0 Å². The molecule has 0 bridgehead atoms. The summed E-state index contributed by atoms with van der Waals surface area (Å²) in [5.74, 6) is 0.773. The number of nitrogens with zero attached hydrogens (tertiary/aromatic N) is 3. The van der Waals surface area contributed by atoms with E-state index >= 15 is 0 Å². The van der Waals surface area contributed by atoms with Gasteiger partial charge in [0.25, 0.3) is 0 Å². The van der Waals surface area contributed by atoms with Crippen LogP contribution in [0.2, 0.25) is 0 Å². The molecule has 1 aromatic heterocycles. The SMILES string of the molecule is CC(C)(CBr)Cc1nn[nH]n1. The van der Waals surface area contributed by atoms with E-state index in [-0.39, 0.29) is 5.41 Å². The van der Waals surface area contributed by atoms with E-state index < -0.39 is 0 Å². The molecule has 1 N–H and O–H groups in total. The van der Waals surface area contributed by atoms with Crippen LogP contribution in [0.3, 0.4) is 0 Å². The Morgan fingerprint density at radius 1 is 1.55 bits per heavy atom. The van der Waals surface area contributed by atoms with E-state index in [1.165, 1.54) is 0 Å². The Labute approximate surface area is 73.9 Å². The maximum absolute atomic E-state index is 3.88. The molecule has 0 aliphatic carbocycles.